The summed E-state index contributed by atoms with van der Waals surface area (Å²) in [5.74, 6) is -0.603. The molecule has 0 spiro atoms. The van der Waals surface area contributed by atoms with Crippen LogP contribution in [-0.4, -0.2) is 40.7 Å². The molecule has 0 saturated carbocycles. The second-order valence-electron chi connectivity index (χ2n) is 5.22. The van der Waals surface area contributed by atoms with E-state index in [1.807, 2.05) is 0 Å². The first-order valence-electron chi connectivity index (χ1n) is 7.52. The first-order chi connectivity index (χ1) is 11.8. The Morgan fingerprint density at radius 1 is 1.04 bits per heavy atom. The Morgan fingerprint density at radius 3 is 2.25 bits per heavy atom. The molecule has 4 N–H and O–H groups in total. The van der Waals surface area contributed by atoms with Crippen LogP contribution in [0.25, 0.3) is 6.08 Å². The monoisotopic (exact) mass is 334 g/mol. The topological polar surface area (TPSA) is 111 Å². The molecule has 0 bridgehead atoms. The SMILES string of the molecule is [2H]C1(O)C=c2c(O)cc(O)cc2=[O+]C1c1cc(OC)c(O)c(OC)c1. The van der Waals surface area contributed by atoms with Crippen LogP contribution in [0.1, 0.15) is 13.0 Å². The average Bonchev–Trinajstić information content (AvgIpc) is 2.55. The van der Waals surface area contributed by atoms with Crippen molar-refractivity contribution in [3.8, 4) is 28.7 Å². The van der Waals surface area contributed by atoms with E-state index in [2.05, 4.69) is 0 Å². The van der Waals surface area contributed by atoms with Gasteiger partial charge in [0, 0.05) is 6.07 Å². The first-order valence-corrected chi connectivity index (χ1v) is 7.02. The summed E-state index contributed by atoms with van der Waals surface area (Å²) >= 11 is 0. The van der Waals surface area contributed by atoms with E-state index in [4.69, 9.17) is 15.3 Å². The van der Waals surface area contributed by atoms with Gasteiger partial charge in [0.2, 0.25) is 5.75 Å². The molecule has 1 aliphatic rings. The molecule has 0 aliphatic carbocycles. The van der Waals surface area contributed by atoms with Crippen LogP contribution in [-0.2, 0) is 0 Å². The normalized spacial score (nSPS) is 22.6. The number of aromatic hydroxyl groups is 3. The Kier molecular flexibility index (Phi) is 3.62. The molecule has 1 heterocycles. The molecule has 7 heteroatoms. The van der Waals surface area contributed by atoms with Gasteiger partial charge in [0.05, 0.1) is 27.2 Å². The van der Waals surface area contributed by atoms with E-state index in [0.29, 0.717) is 5.56 Å². The maximum absolute atomic E-state index is 10.5. The summed E-state index contributed by atoms with van der Waals surface area (Å²) in [5, 5.41) is 40.1. The molecule has 2 aromatic rings. The molecule has 1 aliphatic heterocycles. The number of rotatable bonds is 3. The first kappa shape index (κ1) is 14.6. The smallest absolute Gasteiger partial charge is 0.359 e. The van der Waals surface area contributed by atoms with Gasteiger partial charge in [-0.15, -0.1) is 0 Å². The Balaban J connectivity index is 2.25. The number of phenolic OH excluding ortho intramolecular Hbond substituents is 3. The van der Waals surface area contributed by atoms with Crippen LogP contribution in [0.3, 0.4) is 0 Å². The van der Waals surface area contributed by atoms with Crippen molar-refractivity contribution in [3.05, 3.63) is 44.9 Å². The lowest BCUT2D eigenvalue weighted by Gasteiger charge is -2.15. The Labute approximate surface area is 138 Å². The van der Waals surface area contributed by atoms with E-state index in [1.165, 1.54) is 32.4 Å². The number of aliphatic hydroxyl groups is 1. The highest BCUT2D eigenvalue weighted by atomic mass is 16.5. The van der Waals surface area contributed by atoms with Gasteiger partial charge in [0.25, 0.3) is 0 Å². The fourth-order valence-corrected chi connectivity index (χ4v) is 2.56. The van der Waals surface area contributed by atoms with Crippen LogP contribution in [0.4, 0.5) is 0 Å². The van der Waals surface area contributed by atoms with E-state index in [0.717, 1.165) is 12.1 Å². The minimum atomic E-state index is -2.23. The zero-order chi connectivity index (χ0) is 18.4. The van der Waals surface area contributed by atoms with Gasteiger partial charge in [-0.1, -0.05) is 0 Å². The second-order valence-corrected chi connectivity index (χ2v) is 5.22. The van der Waals surface area contributed by atoms with Crippen LogP contribution in [0, 0.1) is 0 Å². The third-order valence-corrected chi connectivity index (χ3v) is 3.72. The predicted molar refractivity (Wildman–Crippen MR) is 85.7 cm³/mol. The third-order valence-electron chi connectivity index (χ3n) is 3.72. The van der Waals surface area contributed by atoms with Gasteiger partial charge in [0.15, 0.2) is 17.6 Å². The van der Waals surface area contributed by atoms with Crippen LogP contribution < -0.4 is 20.1 Å². The number of benzene rings is 2. The summed E-state index contributed by atoms with van der Waals surface area (Å²) in [6, 6.07) is 5.16. The fraction of sp³-hybridized carbons (Fsp3) is 0.235. The van der Waals surface area contributed by atoms with E-state index in [1.54, 1.807) is 0 Å². The highest BCUT2D eigenvalue weighted by Crippen LogP contribution is 2.40. The van der Waals surface area contributed by atoms with Crippen molar-refractivity contribution in [1.82, 2.24) is 0 Å². The summed E-state index contributed by atoms with van der Waals surface area (Å²) in [6.45, 7) is 0. The van der Waals surface area contributed by atoms with Gasteiger partial charge in [-0.3, -0.25) is 0 Å². The predicted octanol–water partition coefficient (Wildman–Crippen LogP) is 0.332. The highest BCUT2D eigenvalue weighted by Gasteiger charge is 2.34. The molecule has 24 heavy (non-hydrogen) atoms. The summed E-state index contributed by atoms with van der Waals surface area (Å²) in [4.78, 5) is 0. The van der Waals surface area contributed by atoms with E-state index in [-0.39, 0.29) is 39.4 Å². The summed E-state index contributed by atoms with van der Waals surface area (Å²) < 4.78 is 24.0. The van der Waals surface area contributed by atoms with Crippen LogP contribution in [0.2, 0.25) is 0 Å². The number of ether oxygens (including phenoxy) is 2. The molecule has 0 radical (unpaired) electrons. The molecule has 0 amide bonds. The lowest BCUT2D eigenvalue weighted by atomic mass is 10.0. The van der Waals surface area contributed by atoms with E-state index >= 15 is 0 Å². The average molecular weight is 334 g/mol. The van der Waals surface area contributed by atoms with Crippen molar-refractivity contribution < 1.29 is 31.3 Å². The van der Waals surface area contributed by atoms with Crippen molar-refractivity contribution in [2.45, 2.75) is 12.2 Å². The minimum Gasteiger partial charge on any atom is -0.507 e. The van der Waals surface area contributed by atoms with Crippen molar-refractivity contribution in [2.75, 3.05) is 14.2 Å². The number of fused-ring (bicyclic) bond motifs is 1. The molecular weight excluding hydrogens is 316 g/mol. The van der Waals surface area contributed by atoms with Gasteiger partial charge >= 0.3 is 11.5 Å². The summed E-state index contributed by atoms with van der Waals surface area (Å²) in [7, 11) is 2.70. The minimum absolute atomic E-state index is 0.0818. The molecule has 7 nitrogen and oxygen atoms in total. The molecule has 3 rings (SSSR count). The van der Waals surface area contributed by atoms with E-state index in [9.17, 15) is 20.4 Å². The summed E-state index contributed by atoms with van der Waals surface area (Å²) in [6.07, 6.45) is -2.32. The zero-order valence-corrected chi connectivity index (χ0v) is 13.0. The molecule has 2 unspecified atom stereocenters. The van der Waals surface area contributed by atoms with Gasteiger partial charge in [-0.2, -0.15) is 0 Å². The lowest BCUT2D eigenvalue weighted by molar-refractivity contribution is 0.215. The molecular formula is C17H17O7+. The molecule has 0 fully saturated rings. The summed E-state index contributed by atoms with van der Waals surface area (Å²) in [5.41, 5.74) is 0.402. The Bertz CT molecular complexity index is 927. The fourth-order valence-electron chi connectivity index (χ4n) is 2.56. The molecule has 2 atom stereocenters. The number of methoxy groups -OCH3 is 2. The van der Waals surface area contributed by atoms with Gasteiger partial charge < -0.3 is 29.9 Å². The van der Waals surface area contributed by atoms with Crippen molar-refractivity contribution in [3.63, 3.8) is 0 Å². The van der Waals surface area contributed by atoms with Gasteiger partial charge in [-0.05, 0) is 18.2 Å². The molecule has 126 valence electrons. The second kappa shape index (κ2) is 5.93. The molecule has 2 aromatic carbocycles. The zero-order valence-electron chi connectivity index (χ0n) is 14.0. The molecule has 0 saturated heterocycles. The molecule has 0 aromatic heterocycles. The van der Waals surface area contributed by atoms with Crippen molar-refractivity contribution in [1.29, 1.82) is 0 Å². The quantitative estimate of drug-likeness (QED) is 0.602. The van der Waals surface area contributed by atoms with Gasteiger partial charge in [0.1, 0.15) is 16.7 Å². The highest BCUT2D eigenvalue weighted by molar-refractivity contribution is 5.55. The van der Waals surface area contributed by atoms with Crippen molar-refractivity contribution in [2.24, 2.45) is 0 Å². The Hall–Kier alpha value is -2.93. The third kappa shape index (κ3) is 2.59. The number of phenols is 3. The maximum atomic E-state index is 10.5. The van der Waals surface area contributed by atoms with Gasteiger partial charge in [-0.25, -0.2) is 4.42 Å². The number of hydrogen-bond acceptors (Lipinski definition) is 6. The van der Waals surface area contributed by atoms with Crippen LogP contribution in [0.15, 0.2) is 28.7 Å². The maximum Gasteiger partial charge on any atom is 0.359 e. The largest absolute Gasteiger partial charge is 0.507 e. The van der Waals surface area contributed by atoms with Crippen LogP contribution >= 0.6 is 0 Å². The lowest BCUT2D eigenvalue weighted by Crippen LogP contribution is -2.35. The van der Waals surface area contributed by atoms with Crippen LogP contribution in [0.5, 0.6) is 28.7 Å². The standard InChI is InChI=1S/C17H16O7/c1-22-14-3-8(4-15(23-2)16(14)21)17-12(20)7-10-11(19)5-9(18)6-13(10)24-17/h3-7,12,17,20H,1-2H3,(H2-,18,19,21)/p+1/i12D. The number of hydrogen-bond donors (Lipinski definition) is 4. The van der Waals surface area contributed by atoms with Crippen molar-refractivity contribution >= 4 is 6.08 Å². The Morgan fingerprint density at radius 2 is 1.67 bits per heavy atom. The van der Waals surface area contributed by atoms with E-state index < -0.39 is 12.2 Å².